The first-order valence-electron chi connectivity index (χ1n) is 8.12. The molecule has 2 aromatic heterocycles. The van der Waals surface area contributed by atoms with E-state index in [-0.39, 0.29) is 31.4 Å². The van der Waals surface area contributed by atoms with Crippen LogP contribution >= 0.6 is 59.6 Å². The Labute approximate surface area is 215 Å². The Morgan fingerprint density at radius 2 is 1.31 bits per heavy atom. The number of aromatic nitrogens is 3. The molecule has 208 valence electrons. The van der Waals surface area contributed by atoms with Crippen LogP contribution in [0.3, 0.4) is 0 Å². The zero-order valence-electron chi connectivity index (χ0n) is 18.0. The second kappa shape index (κ2) is 18.6. The van der Waals surface area contributed by atoms with Crippen LogP contribution in [0.1, 0.15) is 22.0 Å². The molecule has 0 aliphatic heterocycles. The highest BCUT2D eigenvalue weighted by molar-refractivity contribution is 7.45. The third-order valence-electron chi connectivity index (χ3n) is 2.85. The van der Waals surface area contributed by atoms with Crippen molar-refractivity contribution in [3.05, 3.63) is 33.7 Å². The molecular weight excluding hydrogens is 604 g/mol. The standard InChI is InChI=1S/C12H17N4OS.2ClH.3H3O4P/c1-8-11(3-4-17)18-7-16(8)6-10-5-14-9(2)15-12(10)13;;;3*1-5(2,3)4/h5,7,17H,3-4,6H2,1-2H3,(H2,13,14,15);2*1H;3*(H3,1,2,3,4)/q+1;;;;;. The number of phosphoric acid groups is 3. The van der Waals surface area contributed by atoms with Crippen LogP contribution in [-0.4, -0.2) is 65.7 Å². The van der Waals surface area contributed by atoms with Gasteiger partial charge in [-0.15, -0.1) is 24.8 Å². The number of nitrogen functional groups attached to an aromatic ring is 1. The monoisotopic (exact) mass is 631 g/mol. The molecular formula is C12H28Cl2N4O13P3S+. The molecule has 0 spiro atoms. The first kappa shape index (κ1) is 41.5. The van der Waals surface area contributed by atoms with Gasteiger partial charge in [-0.2, -0.15) is 4.57 Å². The van der Waals surface area contributed by atoms with Crippen LogP contribution < -0.4 is 10.3 Å². The first-order valence-corrected chi connectivity index (χ1v) is 13.7. The van der Waals surface area contributed by atoms with Crippen molar-refractivity contribution in [3.63, 3.8) is 0 Å². The number of nitrogens with zero attached hydrogens (tertiary/aromatic N) is 3. The van der Waals surface area contributed by atoms with Crippen molar-refractivity contribution in [2.45, 2.75) is 26.8 Å². The van der Waals surface area contributed by atoms with Crippen LogP contribution in [0.25, 0.3) is 0 Å². The van der Waals surface area contributed by atoms with Crippen molar-refractivity contribution in [1.29, 1.82) is 0 Å². The number of anilines is 1. The average molecular weight is 632 g/mol. The molecule has 0 fully saturated rings. The molecule has 0 atom stereocenters. The predicted octanol–water partition coefficient (Wildman–Crippen LogP) is -1.33. The van der Waals surface area contributed by atoms with Gasteiger partial charge >= 0.3 is 23.5 Å². The maximum Gasteiger partial charge on any atom is 0.466 e. The molecule has 0 bridgehead atoms. The third-order valence-corrected chi connectivity index (χ3v) is 4.00. The summed E-state index contributed by atoms with van der Waals surface area (Å²) in [6.45, 7) is 4.71. The maximum atomic E-state index is 8.98. The quantitative estimate of drug-likeness (QED) is 0.137. The van der Waals surface area contributed by atoms with Crippen LogP contribution in [0.2, 0.25) is 0 Å². The van der Waals surface area contributed by atoms with E-state index in [9.17, 15) is 0 Å². The van der Waals surface area contributed by atoms with Crippen molar-refractivity contribution in [2.75, 3.05) is 12.3 Å². The lowest BCUT2D eigenvalue weighted by Crippen LogP contribution is -2.35. The minimum absolute atomic E-state index is 0. The van der Waals surface area contributed by atoms with Gasteiger partial charge in [0.2, 0.25) is 5.51 Å². The van der Waals surface area contributed by atoms with Crippen LogP contribution in [-0.2, 0) is 26.7 Å². The molecule has 0 amide bonds. The topological polar surface area (TPSA) is 309 Å². The minimum Gasteiger partial charge on any atom is -0.396 e. The molecule has 0 aromatic carbocycles. The molecule has 0 aliphatic rings. The van der Waals surface area contributed by atoms with E-state index in [1.807, 2.05) is 19.4 Å². The summed E-state index contributed by atoms with van der Waals surface area (Å²) in [5.41, 5.74) is 10.0. The van der Waals surface area contributed by atoms with E-state index in [4.69, 9.17) is 68.6 Å². The lowest BCUT2D eigenvalue weighted by molar-refractivity contribution is -0.689. The van der Waals surface area contributed by atoms with Crippen LogP contribution in [0.4, 0.5) is 5.82 Å². The van der Waals surface area contributed by atoms with E-state index in [0.717, 1.165) is 11.3 Å². The molecule has 2 rings (SSSR count). The van der Waals surface area contributed by atoms with Gasteiger partial charge in [0.15, 0.2) is 12.2 Å². The second-order valence-corrected chi connectivity index (χ2v) is 9.72. The second-order valence-electron chi connectivity index (χ2n) is 5.70. The molecule has 17 nitrogen and oxygen atoms in total. The number of halogens is 2. The number of aliphatic hydroxyl groups excluding tert-OH is 1. The first-order chi connectivity index (χ1) is 14.6. The van der Waals surface area contributed by atoms with Gasteiger partial charge in [0.25, 0.3) is 0 Å². The number of nitrogens with two attached hydrogens (primary N) is 1. The summed E-state index contributed by atoms with van der Waals surface area (Å²) in [6, 6.07) is 0. The summed E-state index contributed by atoms with van der Waals surface area (Å²) in [5.74, 6) is 1.22. The van der Waals surface area contributed by atoms with Gasteiger partial charge in [-0.1, -0.05) is 11.3 Å². The zero-order valence-corrected chi connectivity index (χ0v) is 23.1. The third kappa shape index (κ3) is 31.4. The van der Waals surface area contributed by atoms with E-state index in [1.165, 1.54) is 4.88 Å². The fraction of sp³-hybridized carbons (Fsp3) is 0.417. The predicted molar refractivity (Wildman–Crippen MR) is 128 cm³/mol. The van der Waals surface area contributed by atoms with Gasteiger partial charge in [-0.05, 0) is 6.92 Å². The van der Waals surface area contributed by atoms with E-state index >= 15 is 0 Å². The number of aliphatic hydroxyl groups is 1. The minimum atomic E-state index is -4.64. The normalized spacial score (nSPS) is 10.6. The van der Waals surface area contributed by atoms with Crippen LogP contribution in [0.5, 0.6) is 0 Å². The molecule has 0 radical (unpaired) electrons. The molecule has 0 saturated carbocycles. The fourth-order valence-corrected chi connectivity index (χ4v) is 2.75. The van der Waals surface area contributed by atoms with Crippen LogP contribution in [0, 0.1) is 13.8 Å². The lowest BCUT2D eigenvalue weighted by atomic mass is 10.2. The lowest BCUT2D eigenvalue weighted by Gasteiger charge is -2.01. The van der Waals surface area contributed by atoms with Gasteiger partial charge in [0.05, 0.1) is 10.4 Å². The molecule has 12 N–H and O–H groups in total. The number of thiazole rings is 1. The Kier molecular flexibility index (Phi) is 22.1. The summed E-state index contributed by atoms with van der Waals surface area (Å²) in [6.07, 6.45) is 2.47. The van der Waals surface area contributed by atoms with Crippen molar-refractivity contribution in [1.82, 2.24) is 9.97 Å². The van der Waals surface area contributed by atoms with E-state index < -0.39 is 23.5 Å². The van der Waals surface area contributed by atoms with Gasteiger partial charge < -0.3 is 54.9 Å². The van der Waals surface area contributed by atoms with Crippen molar-refractivity contribution < 1.29 is 67.4 Å². The Balaban J connectivity index is -0.000000235. The molecule has 0 unspecified atom stereocenters. The van der Waals surface area contributed by atoms with Gasteiger partial charge in [0, 0.05) is 26.1 Å². The van der Waals surface area contributed by atoms with E-state index in [2.05, 4.69) is 14.5 Å². The summed E-state index contributed by atoms with van der Waals surface area (Å²) in [7, 11) is -13.9. The fourth-order valence-electron chi connectivity index (χ4n) is 1.77. The molecule has 0 saturated heterocycles. The highest BCUT2D eigenvalue weighted by Gasteiger charge is 2.17. The number of aryl methyl sites for hydroxylation is 1. The molecule has 2 heterocycles. The van der Waals surface area contributed by atoms with Crippen LogP contribution in [0.15, 0.2) is 11.7 Å². The smallest absolute Gasteiger partial charge is 0.396 e. The Hall–Kier alpha value is -0.620. The molecule has 0 aliphatic carbocycles. The Bertz CT molecular complexity index is 941. The number of rotatable bonds is 4. The summed E-state index contributed by atoms with van der Waals surface area (Å²) < 4.78 is 28.8. The number of hydrogen-bond acceptors (Lipinski definition) is 8. The van der Waals surface area contributed by atoms with Gasteiger partial charge in [-0.25, -0.2) is 23.7 Å². The highest BCUT2D eigenvalue weighted by atomic mass is 35.5. The molecule has 2 aromatic rings. The van der Waals surface area contributed by atoms with Crippen molar-refractivity contribution >= 4 is 65.4 Å². The Morgan fingerprint density at radius 1 is 0.914 bits per heavy atom. The van der Waals surface area contributed by atoms with Crippen molar-refractivity contribution in [2.24, 2.45) is 0 Å². The van der Waals surface area contributed by atoms with Gasteiger partial charge in [0.1, 0.15) is 11.6 Å². The largest absolute Gasteiger partial charge is 0.466 e. The average Bonchev–Trinajstić information content (AvgIpc) is 2.86. The van der Waals surface area contributed by atoms with E-state index in [1.54, 1.807) is 17.5 Å². The van der Waals surface area contributed by atoms with Gasteiger partial charge in [-0.3, -0.25) is 0 Å². The zero-order chi connectivity index (χ0) is 26.6. The summed E-state index contributed by atoms with van der Waals surface area (Å²) >= 11 is 1.65. The molecule has 23 heteroatoms. The highest BCUT2D eigenvalue weighted by Crippen LogP contribution is 2.26. The summed E-state index contributed by atoms with van der Waals surface area (Å²) in [4.78, 5) is 74.2. The van der Waals surface area contributed by atoms with Crippen molar-refractivity contribution in [3.8, 4) is 0 Å². The molecule has 35 heavy (non-hydrogen) atoms. The Morgan fingerprint density at radius 3 is 1.66 bits per heavy atom. The summed E-state index contributed by atoms with van der Waals surface area (Å²) in [5, 5.41) is 8.98. The number of hydrogen-bond donors (Lipinski definition) is 11. The SMILES string of the molecule is Cc1ncc(C[n+]2csc(CCO)c2C)c(N)n1.Cl.Cl.O=P(O)(O)O.O=P(O)(O)O.O=P(O)(O)O. The van der Waals surface area contributed by atoms with E-state index in [0.29, 0.717) is 24.6 Å². The maximum absolute atomic E-state index is 8.98.